The van der Waals surface area contributed by atoms with Crippen LogP contribution in [0.1, 0.15) is 0 Å². The molecule has 0 aliphatic heterocycles. The van der Waals surface area contributed by atoms with Crippen molar-refractivity contribution in [3.05, 3.63) is 36.4 Å². The summed E-state index contributed by atoms with van der Waals surface area (Å²) in [5.74, 6) is 1.82. The van der Waals surface area contributed by atoms with Gasteiger partial charge in [-0.2, -0.15) is 0 Å². The normalized spacial score (nSPS) is 10.7. The first-order valence-corrected chi connectivity index (χ1v) is 6.10. The summed E-state index contributed by atoms with van der Waals surface area (Å²) in [4.78, 5) is 4.44. The number of nitrogens with zero attached hydrogens (tertiary/aromatic N) is 1. The van der Waals surface area contributed by atoms with Crippen LogP contribution in [0, 0.1) is 0 Å². The molecule has 0 saturated carbocycles. The topological polar surface area (TPSA) is 70.5 Å². The largest absolute Gasteiger partial charge is 0.497 e. The molecule has 0 atom stereocenters. The van der Waals surface area contributed by atoms with Gasteiger partial charge in [0.05, 0.1) is 25.5 Å². The molecule has 0 saturated heterocycles. The van der Waals surface area contributed by atoms with Gasteiger partial charge in [0.25, 0.3) is 0 Å². The molecule has 20 heavy (non-hydrogen) atoms. The van der Waals surface area contributed by atoms with Gasteiger partial charge >= 0.3 is 0 Å². The molecule has 0 unspecified atom stereocenters. The van der Waals surface area contributed by atoms with E-state index in [1.807, 2.05) is 30.3 Å². The number of fused-ring (bicyclic) bond motifs is 1. The van der Waals surface area contributed by atoms with E-state index in [0.717, 1.165) is 5.56 Å². The van der Waals surface area contributed by atoms with Crippen LogP contribution in [0.2, 0.25) is 0 Å². The monoisotopic (exact) mass is 270 g/mol. The van der Waals surface area contributed by atoms with Crippen LogP contribution in [-0.2, 0) is 0 Å². The second-order valence-electron chi connectivity index (χ2n) is 4.28. The van der Waals surface area contributed by atoms with E-state index < -0.39 is 0 Å². The van der Waals surface area contributed by atoms with Crippen molar-refractivity contribution in [1.29, 1.82) is 0 Å². The third kappa shape index (κ3) is 1.93. The van der Waals surface area contributed by atoms with E-state index in [2.05, 4.69) is 4.98 Å². The maximum Gasteiger partial charge on any atom is 0.231 e. The molecule has 5 nitrogen and oxygen atoms in total. The number of para-hydroxylation sites is 1. The fourth-order valence-corrected chi connectivity index (χ4v) is 2.07. The highest BCUT2D eigenvalue weighted by molar-refractivity contribution is 5.87. The molecule has 1 aromatic heterocycles. The molecular weight excluding hydrogens is 256 g/mol. The van der Waals surface area contributed by atoms with Crippen LogP contribution in [0.15, 0.2) is 40.8 Å². The quantitative estimate of drug-likeness (QED) is 0.740. The zero-order valence-electron chi connectivity index (χ0n) is 11.2. The Kier molecular flexibility index (Phi) is 2.95. The maximum atomic E-state index is 5.90. The molecule has 2 N–H and O–H groups in total. The summed E-state index contributed by atoms with van der Waals surface area (Å²) in [6.07, 6.45) is 0. The van der Waals surface area contributed by atoms with Crippen LogP contribution >= 0.6 is 0 Å². The lowest BCUT2D eigenvalue weighted by Crippen LogP contribution is -1.90. The molecule has 0 radical (unpaired) electrons. The van der Waals surface area contributed by atoms with Crippen molar-refractivity contribution in [2.75, 3.05) is 20.0 Å². The number of aromatic nitrogens is 1. The molecule has 102 valence electrons. The first-order chi connectivity index (χ1) is 9.72. The van der Waals surface area contributed by atoms with Crippen LogP contribution in [-0.4, -0.2) is 19.2 Å². The number of methoxy groups -OCH3 is 2. The smallest absolute Gasteiger partial charge is 0.231 e. The lowest BCUT2D eigenvalue weighted by molar-refractivity contribution is 0.403. The average Bonchev–Trinajstić information content (AvgIpc) is 2.92. The number of oxazole rings is 1. The Morgan fingerprint density at radius 3 is 2.65 bits per heavy atom. The number of nitrogens with two attached hydrogens (primary N) is 1. The van der Waals surface area contributed by atoms with Gasteiger partial charge in [-0.1, -0.05) is 6.07 Å². The van der Waals surface area contributed by atoms with Crippen LogP contribution in [0.25, 0.3) is 22.6 Å². The highest BCUT2D eigenvalue weighted by Crippen LogP contribution is 2.35. The molecule has 3 aromatic rings. The molecule has 0 aliphatic rings. The average molecular weight is 270 g/mol. The number of hydrogen-bond acceptors (Lipinski definition) is 5. The first-order valence-electron chi connectivity index (χ1n) is 6.10. The lowest BCUT2D eigenvalue weighted by Gasteiger charge is -2.07. The molecule has 1 heterocycles. The van der Waals surface area contributed by atoms with Gasteiger partial charge in [-0.15, -0.1) is 0 Å². The fraction of sp³-hybridized carbons (Fsp3) is 0.133. The van der Waals surface area contributed by atoms with Crippen molar-refractivity contribution >= 4 is 16.8 Å². The summed E-state index contributed by atoms with van der Waals surface area (Å²) in [5.41, 5.74) is 8.49. The third-order valence-electron chi connectivity index (χ3n) is 3.09. The molecule has 0 bridgehead atoms. The van der Waals surface area contributed by atoms with Gasteiger partial charge in [0.2, 0.25) is 5.89 Å². The minimum atomic E-state index is 0.452. The molecule has 0 fully saturated rings. The number of anilines is 1. The minimum absolute atomic E-state index is 0.452. The molecule has 0 aliphatic carbocycles. The van der Waals surface area contributed by atoms with E-state index >= 15 is 0 Å². The molecule has 0 spiro atoms. The van der Waals surface area contributed by atoms with E-state index in [-0.39, 0.29) is 0 Å². The summed E-state index contributed by atoms with van der Waals surface area (Å²) in [7, 11) is 3.21. The van der Waals surface area contributed by atoms with Crippen molar-refractivity contribution in [1.82, 2.24) is 4.98 Å². The lowest BCUT2D eigenvalue weighted by atomic mass is 10.2. The molecule has 5 heteroatoms. The Balaban J connectivity index is 2.21. The zero-order chi connectivity index (χ0) is 14.1. The predicted molar refractivity (Wildman–Crippen MR) is 77.0 cm³/mol. The van der Waals surface area contributed by atoms with Gasteiger partial charge in [0.1, 0.15) is 17.0 Å². The number of nitrogen functional groups attached to an aromatic ring is 1. The van der Waals surface area contributed by atoms with Gasteiger partial charge < -0.3 is 19.6 Å². The Labute approximate surface area is 115 Å². The van der Waals surface area contributed by atoms with E-state index in [0.29, 0.717) is 34.2 Å². The molecule has 2 aromatic carbocycles. The van der Waals surface area contributed by atoms with Gasteiger partial charge in [-0.25, -0.2) is 4.98 Å². The Morgan fingerprint density at radius 1 is 1.10 bits per heavy atom. The summed E-state index contributed by atoms with van der Waals surface area (Å²) in [5, 5.41) is 0. The molecule has 0 amide bonds. The minimum Gasteiger partial charge on any atom is -0.497 e. The summed E-state index contributed by atoms with van der Waals surface area (Å²) in [6.45, 7) is 0. The van der Waals surface area contributed by atoms with E-state index in [9.17, 15) is 0 Å². The number of benzene rings is 2. The van der Waals surface area contributed by atoms with Crippen LogP contribution in [0.3, 0.4) is 0 Å². The SMILES string of the molecule is COc1ccc(OC)c(-c2nc3c(N)cccc3o2)c1. The van der Waals surface area contributed by atoms with Crippen molar-refractivity contribution in [2.24, 2.45) is 0 Å². The fourth-order valence-electron chi connectivity index (χ4n) is 2.07. The van der Waals surface area contributed by atoms with Gasteiger partial charge in [-0.3, -0.25) is 0 Å². The number of hydrogen-bond donors (Lipinski definition) is 1. The number of ether oxygens (including phenoxy) is 2. The summed E-state index contributed by atoms with van der Waals surface area (Å²) >= 11 is 0. The Hall–Kier alpha value is -2.69. The van der Waals surface area contributed by atoms with Gasteiger partial charge in [0.15, 0.2) is 5.58 Å². The van der Waals surface area contributed by atoms with Crippen molar-refractivity contribution in [2.45, 2.75) is 0 Å². The molecule has 3 rings (SSSR count). The predicted octanol–water partition coefficient (Wildman–Crippen LogP) is 3.09. The van der Waals surface area contributed by atoms with Crippen molar-refractivity contribution in [3.8, 4) is 23.0 Å². The Morgan fingerprint density at radius 2 is 1.95 bits per heavy atom. The first kappa shape index (κ1) is 12.3. The van der Waals surface area contributed by atoms with Crippen molar-refractivity contribution < 1.29 is 13.9 Å². The highest BCUT2D eigenvalue weighted by Gasteiger charge is 2.15. The van der Waals surface area contributed by atoms with Gasteiger partial charge in [0, 0.05) is 0 Å². The number of rotatable bonds is 3. The van der Waals surface area contributed by atoms with Crippen LogP contribution in [0.5, 0.6) is 11.5 Å². The zero-order valence-corrected chi connectivity index (χ0v) is 11.2. The van der Waals surface area contributed by atoms with E-state index in [1.165, 1.54) is 0 Å². The molecular formula is C15H14N2O3. The van der Waals surface area contributed by atoms with Crippen LogP contribution < -0.4 is 15.2 Å². The summed E-state index contributed by atoms with van der Waals surface area (Å²) < 4.78 is 16.3. The van der Waals surface area contributed by atoms with Crippen LogP contribution in [0.4, 0.5) is 5.69 Å². The summed E-state index contributed by atoms with van der Waals surface area (Å²) in [6, 6.07) is 10.9. The standard InChI is InChI=1S/C15H14N2O3/c1-18-9-6-7-12(19-2)10(8-9)15-17-14-11(16)4-3-5-13(14)20-15/h3-8H,16H2,1-2H3. The van der Waals surface area contributed by atoms with E-state index in [1.54, 1.807) is 20.3 Å². The Bertz CT molecular complexity index is 765. The maximum absolute atomic E-state index is 5.90. The second-order valence-corrected chi connectivity index (χ2v) is 4.28. The van der Waals surface area contributed by atoms with Crippen molar-refractivity contribution in [3.63, 3.8) is 0 Å². The second kappa shape index (κ2) is 4.77. The van der Waals surface area contributed by atoms with E-state index in [4.69, 9.17) is 19.6 Å². The highest BCUT2D eigenvalue weighted by atomic mass is 16.5. The van der Waals surface area contributed by atoms with Gasteiger partial charge in [-0.05, 0) is 30.3 Å². The third-order valence-corrected chi connectivity index (χ3v) is 3.09.